The number of nitrogens with one attached hydrogen (secondary N) is 1. The molecule has 0 unspecified atom stereocenters. The molecule has 1 heterocycles. The summed E-state index contributed by atoms with van der Waals surface area (Å²) in [6.07, 6.45) is 0.869. The molecule has 0 aliphatic carbocycles. The Morgan fingerprint density at radius 1 is 1.08 bits per heavy atom. The Morgan fingerprint density at radius 2 is 1.88 bits per heavy atom. The lowest BCUT2D eigenvalue weighted by Gasteiger charge is -2.09. The molecule has 4 rings (SSSR count). The Bertz CT molecular complexity index is 1110. The molecule has 0 spiro atoms. The number of hydrogen-bond donors (Lipinski definition) is 1. The van der Waals surface area contributed by atoms with Gasteiger partial charge >= 0.3 is 0 Å². The fourth-order valence-electron chi connectivity index (χ4n) is 3.43. The minimum atomic E-state index is -0.0801. The summed E-state index contributed by atoms with van der Waals surface area (Å²) in [5.74, 6) is 0.942. The third kappa shape index (κ3) is 2.84. The smallest absolute Gasteiger partial charge is 0.251 e. The summed E-state index contributed by atoms with van der Waals surface area (Å²) in [5, 5.41) is 5.39. The fourth-order valence-corrected chi connectivity index (χ4v) is 3.43. The lowest BCUT2D eigenvalue weighted by Crippen LogP contribution is -2.22. The molecule has 0 aliphatic heterocycles. The van der Waals surface area contributed by atoms with E-state index in [-0.39, 0.29) is 5.91 Å². The lowest BCUT2D eigenvalue weighted by atomic mass is 10.0. The summed E-state index contributed by atoms with van der Waals surface area (Å²) < 4.78 is 2.08. The van der Waals surface area contributed by atoms with Gasteiger partial charge in [0.1, 0.15) is 5.82 Å². The van der Waals surface area contributed by atoms with Crippen LogP contribution in [0.4, 0.5) is 0 Å². The molecule has 26 heavy (non-hydrogen) atoms. The van der Waals surface area contributed by atoms with E-state index in [1.165, 1.54) is 10.8 Å². The van der Waals surface area contributed by atoms with E-state index in [1.807, 2.05) is 43.4 Å². The molecule has 4 nitrogen and oxygen atoms in total. The number of rotatable bonds is 4. The van der Waals surface area contributed by atoms with Gasteiger partial charge in [0.25, 0.3) is 5.91 Å². The van der Waals surface area contributed by atoms with Gasteiger partial charge in [-0.15, -0.1) is 0 Å². The molecule has 0 radical (unpaired) electrons. The Kier molecular flexibility index (Phi) is 4.17. The van der Waals surface area contributed by atoms with Gasteiger partial charge in [-0.05, 0) is 34.5 Å². The van der Waals surface area contributed by atoms with Crippen LogP contribution in [0, 0.1) is 0 Å². The highest BCUT2D eigenvalue weighted by Gasteiger charge is 2.11. The van der Waals surface area contributed by atoms with E-state index in [4.69, 9.17) is 0 Å². The summed E-state index contributed by atoms with van der Waals surface area (Å²) in [4.78, 5) is 17.2. The maximum absolute atomic E-state index is 12.6. The second-order valence-electron chi connectivity index (χ2n) is 6.47. The van der Waals surface area contributed by atoms with E-state index in [1.54, 1.807) is 0 Å². The third-order valence-corrected chi connectivity index (χ3v) is 4.87. The van der Waals surface area contributed by atoms with Crippen molar-refractivity contribution in [2.75, 3.05) is 0 Å². The third-order valence-electron chi connectivity index (χ3n) is 4.87. The molecule has 0 bridgehead atoms. The highest BCUT2D eigenvalue weighted by atomic mass is 16.1. The van der Waals surface area contributed by atoms with Gasteiger partial charge in [0.2, 0.25) is 0 Å². The van der Waals surface area contributed by atoms with Gasteiger partial charge in [0.05, 0.1) is 11.0 Å². The predicted molar refractivity (Wildman–Crippen MR) is 105 cm³/mol. The molecular weight excluding hydrogens is 322 g/mol. The van der Waals surface area contributed by atoms with Gasteiger partial charge in [-0.1, -0.05) is 49.4 Å². The highest BCUT2D eigenvalue weighted by Crippen LogP contribution is 2.19. The van der Waals surface area contributed by atoms with Crippen molar-refractivity contribution in [2.24, 2.45) is 7.05 Å². The second kappa shape index (κ2) is 6.64. The van der Waals surface area contributed by atoms with Crippen LogP contribution in [0.1, 0.15) is 28.7 Å². The van der Waals surface area contributed by atoms with Crippen molar-refractivity contribution in [1.82, 2.24) is 14.9 Å². The molecule has 1 aromatic heterocycles. The van der Waals surface area contributed by atoms with Crippen molar-refractivity contribution in [3.05, 3.63) is 77.6 Å². The monoisotopic (exact) mass is 343 g/mol. The number of fused-ring (bicyclic) bond motifs is 2. The van der Waals surface area contributed by atoms with Crippen molar-refractivity contribution >= 4 is 27.7 Å². The van der Waals surface area contributed by atoms with Crippen LogP contribution in [0.5, 0.6) is 0 Å². The SMILES string of the molecule is CCc1nc2cc(C(=O)NCc3cccc4ccccc34)ccc2n1C. The van der Waals surface area contributed by atoms with Crippen LogP contribution in [-0.4, -0.2) is 15.5 Å². The van der Waals surface area contributed by atoms with Crippen molar-refractivity contribution in [2.45, 2.75) is 19.9 Å². The van der Waals surface area contributed by atoms with Crippen LogP contribution >= 0.6 is 0 Å². The number of hydrogen-bond acceptors (Lipinski definition) is 2. The van der Waals surface area contributed by atoms with Crippen molar-refractivity contribution in [1.29, 1.82) is 0 Å². The molecule has 0 aliphatic rings. The Hall–Kier alpha value is -3.14. The summed E-state index contributed by atoms with van der Waals surface area (Å²) in [7, 11) is 2.01. The second-order valence-corrected chi connectivity index (χ2v) is 6.47. The van der Waals surface area contributed by atoms with E-state index < -0.39 is 0 Å². The summed E-state index contributed by atoms with van der Waals surface area (Å²) in [5.41, 5.74) is 3.66. The summed E-state index contributed by atoms with van der Waals surface area (Å²) >= 11 is 0. The maximum Gasteiger partial charge on any atom is 0.251 e. The molecule has 4 aromatic rings. The Labute approximate surface area is 152 Å². The maximum atomic E-state index is 12.6. The topological polar surface area (TPSA) is 46.9 Å². The van der Waals surface area contributed by atoms with E-state index in [0.29, 0.717) is 12.1 Å². The average Bonchev–Trinajstić information content (AvgIpc) is 3.01. The molecular formula is C22H21N3O. The van der Waals surface area contributed by atoms with Crippen LogP contribution in [0.25, 0.3) is 21.8 Å². The Balaban J connectivity index is 1.57. The van der Waals surface area contributed by atoms with Crippen molar-refractivity contribution in [3.8, 4) is 0 Å². The largest absolute Gasteiger partial charge is 0.348 e. The molecule has 0 saturated carbocycles. The standard InChI is InChI=1S/C22H21N3O/c1-3-21-24-19-13-16(11-12-20(19)25(21)2)22(26)23-14-17-9-6-8-15-7-4-5-10-18(15)17/h4-13H,3,14H2,1-2H3,(H,23,26). The van der Waals surface area contributed by atoms with E-state index >= 15 is 0 Å². The number of amides is 1. The first kappa shape index (κ1) is 16.3. The van der Waals surface area contributed by atoms with E-state index in [2.05, 4.69) is 46.1 Å². The minimum Gasteiger partial charge on any atom is -0.348 e. The van der Waals surface area contributed by atoms with Crippen LogP contribution < -0.4 is 5.32 Å². The lowest BCUT2D eigenvalue weighted by molar-refractivity contribution is 0.0951. The highest BCUT2D eigenvalue weighted by molar-refractivity contribution is 5.97. The van der Waals surface area contributed by atoms with E-state index in [0.717, 1.165) is 28.8 Å². The number of aromatic nitrogens is 2. The zero-order valence-corrected chi connectivity index (χ0v) is 15.0. The summed E-state index contributed by atoms with van der Waals surface area (Å²) in [6, 6.07) is 20.1. The molecule has 1 N–H and O–H groups in total. The van der Waals surface area contributed by atoms with Crippen molar-refractivity contribution < 1.29 is 4.79 Å². The van der Waals surface area contributed by atoms with Gasteiger partial charge < -0.3 is 9.88 Å². The first-order valence-electron chi connectivity index (χ1n) is 8.87. The predicted octanol–water partition coefficient (Wildman–Crippen LogP) is 4.22. The average molecular weight is 343 g/mol. The van der Waals surface area contributed by atoms with Crippen LogP contribution in [0.3, 0.4) is 0 Å². The van der Waals surface area contributed by atoms with Crippen LogP contribution in [-0.2, 0) is 20.0 Å². The fraction of sp³-hybridized carbons (Fsp3) is 0.182. The number of carbonyl (C=O) groups excluding carboxylic acids is 1. The molecule has 3 aromatic carbocycles. The Morgan fingerprint density at radius 3 is 2.73 bits per heavy atom. The number of nitrogens with zero attached hydrogens (tertiary/aromatic N) is 2. The number of benzene rings is 3. The van der Waals surface area contributed by atoms with Gasteiger partial charge in [0, 0.05) is 25.6 Å². The summed E-state index contributed by atoms with van der Waals surface area (Å²) in [6.45, 7) is 2.58. The quantitative estimate of drug-likeness (QED) is 0.603. The molecule has 0 saturated heterocycles. The molecule has 1 amide bonds. The van der Waals surface area contributed by atoms with Gasteiger partial charge in [0.15, 0.2) is 0 Å². The van der Waals surface area contributed by atoms with Gasteiger partial charge in [-0.3, -0.25) is 4.79 Å². The van der Waals surface area contributed by atoms with Crippen molar-refractivity contribution in [3.63, 3.8) is 0 Å². The van der Waals surface area contributed by atoms with E-state index in [9.17, 15) is 4.79 Å². The molecule has 0 fully saturated rings. The minimum absolute atomic E-state index is 0.0801. The van der Waals surface area contributed by atoms with Gasteiger partial charge in [-0.2, -0.15) is 0 Å². The first-order chi connectivity index (χ1) is 12.7. The molecule has 130 valence electrons. The van der Waals surface area contributed by atoms with Crippen LogP contribution in [0.15, 0.2) is 60.7 Å². The zero-order chi connectivity index (χ0) is 18.1. The van der Waals surface area contributed by atoms with Gasteiger partial charge in [-0.25, -0.2) is 4.98 Å². The molecule has 4 heteroatoms. The first-order valence-corrected chi connectivity index (χ1v) is 8.87. The number of aryl methyl sites for hydroxylation is 2. The zero-order valence-electron chi connectivity index (χ0n) is 15.0. The van der Waals surface area contributed by atoms with Crippen LogP contribution in [0.2, 0.25) is 0 Å². The normalized spacial score (nSPS) is 11.2. The number of imidazole rings is 1. The molecule has 0 atom stereocenters. The number of carbonyl (C=O) groups is 1.